The lowest BCUT2D eigenvalue weighted by molar-refractivity contribution is 0.467. The van der Waals surface area contributed by atoms with Gasteiger partial charge in [0.25, 0.3) is 0 Å². The van der Waals surface area contributed by atoms with E-state index in [1.807, 2.05) is 30.3 Å². The number of hydrogen-bond acceptors (Lipinski definition) is 2. The van der Waals surface area contributed by atoms with E-state index in [9.17, 15) is 9.50 Å². The Morgan fingerprint density at radius 1 is 1.12 bits per heavy atom. The van der Waals surface area contributed by atoms with Crippen molar-refractivity contribution in [2.75, 3.05) is 0 Å². The maximum Gasteiger partial charge on any atom is 0.127 e. The Morgan fingerprint density at radius 3 is 2.47 bits per heavy atom. The number of phenols is 1. The minimum atomic E-state index is -0.444. The Hall–Kier alpha value is -1.87. The first-order chi connectivity index (χ1) is 8.15. The molecule has 0 aromatic heterocycles. The van der Waals surface area contributed by atoms with Crippen LogP contribution in [-0.2, 0) is 6.42 Å². The highest BCUT2D eigenvalue weighted by molar-refractivity contribution is 5.30. The molecule has 3 heteroatoms. The molecule has 1 atom stereocenters. The predicted octanol–water partition coefficient (Wildman–Crippen LogP) is 2.77. The summed E-state index contributed by atoms with van der Waals surface area (Å²) in [5.41, 5.74) is 7.71. The molecule has 0 amide bonds. The first-order valence-corrected chi connectivity index (χ1v) is 5.44. The molecule has 2 aromatic rings. The molecule has 3 N–H and O–H groups in total. The maximum atomic E-state index is 13.1. The third kappa shape index (κ3) is 3.04. The summed E-state index contributed by atoms with van der Waals surface area (Å²) in [6.07, 6.45) is 0.495. The molecule has 0 aliphatic heterocycles. The minimum absolute atomic E-state index is 0.0692. The van der Waals surface area contributed by atoms with E-state index >= 15 is 0 Å². The second-order valence-corrected chi connectivity index (χ2v) is 4.04. The lowest BCUT2D eigenvalue weighted by Gasteiger charge is -2.12. The van der Waals surface area contributed by atoms with E-state index in [-0.39, 0.29) is 11.8 Å². The molecule has 0 saturated carbocycles. The van der Waals surface area contributed by atoms with Gasteiger partial charge in [-0.3, -0.25) is 0 Å². The first-order valence-electron chi connectivity index (χ1n) is 5.44. The second-order valence-electron chi connectivity index (χ2n) is 4.04. The lowest BCUT2D eigenvalue weighted by Crippen LogP contribution is -2.13. The number of halogens is 1. The van der Waals surface area contributed by atoms with Gasteiger partial charge in [0.2, 0.25) is 0 Å². The van der Waals surface area contributed by atoms with Gasteiger partial charge in [-0.15, -0.1) is 0 Å². The summed E-state index contributed by atoms with van der Waals surface area (Å²) < 4.78 is 13.1. The van der Waals surface area contributed by atoms with Crippen molar-refractivity contribution in [2.24, 2.45) is 5.73 Å². The van der Waals surface area contributed by atoms with Gasteiger partial charge < -0.3 is 10.8 Å². The van der Waals surface area contributed by atoms with E-state index < -0.39 is 5.82 Å². The van der Waals surface area contributed by atoms with Crippen LogP contribution in [-0.4, -0.2) is 5.11 Å². The first kappa shape index (κ1) is 11.6. The van der Waals surface area contributed by atoms with E-state index in [0.717, 1.165) is 11.6 Å². The van der Waals surface area contributed by atoms with Gasteiger partial charge in [0.15, 0.2) is 0 Å². The highest BCUT2D eigenvalue weighted by atomic mass is 19.1. The molecule has 2 nitrogen and oxygen atoms in total. The number of hydrogen-bond donors (Lipinski definition) is 2. The fourth-order valence-electron chi connectivity index (χ4n) is 1.82. The summed E-state index contributed by atoms with van der Waals surface area (Å²) in [4.78, 5) is 0. The molecule has 0 aliphatic rings. The highest BCUT2D eigenvalue weighted by Crippen LogP contribution is 2.20. The summed E-state index contributed by atoms with van der Waals surface area (Å²) >= 11 is 0. The van der Waals surface area contributed by atoms with E-state index in [1.54, 1.807) is 0 Å². The zero-order valence-corrected chi connectivity index (χ0v) is 9.31. The Labute approximate surface area is 99.5 Å². The summed E-state index contributed by atoms with van der Waals surface area (Å²) in [7, 11) is 0. The molecule has 0 saturated heterocycles. The van der Waals surface area contributed by atoms with Crippen LogP contribution in [0.4, 0.5) is 4.39 Å². The van der Waals surface area contributed by atoms with Crippen molar-refractivity contribution in [3.63, 3.8) is 0 Å². The molecule has 0 aliphatic carbocycles. The monoisotopic (exact) mass is 231 g/mol. The van der Waals surface area contributed by atoms with Gasteiger partial charge in [0.05, 0.1) is 0 Å². The zero-order chi connectivity index (χ0) is 12.3. The van der Waals surface area contributed by atoms with Gasteiger partial charge in [-0.1, -0.05) is 30.3 Å². The van der Waals surface area contributed by atoms with Crippen LogP contribution < -0.4 is 5.73 Å². The number of phenolic OH excluding ortho intramolecular Hbond substituents is 1. The average Bonchev–Trinajstić information content (AvgIpc) is 2.28. The fraction of sp³-hybridized carbons (Fsp3) is 0.143. The molecule has 0 fully saturated rings. The Balaban J connectivity index is 2.16. The number of rotatable bonds is 3. The van der Waals surface area contributed by atoms with Crippen LogP contribution in [0.15, 0.2) is 48.5 Å². The van der Waals surface area contributed by atoms with Crippen molar-refractivity contribution in [3.05, 3.63) is 65.5 Å². The number of benzene rings is 2. The van der Waals surface area contributed by atoms with E-state index in [1.165, 1.54) is 12.1 Å². The maximum absolute atomic E-state index is 13.1. The standard InChI is InChI=1S/C14H14FNO/c15-12-6-10(7-13(17)9-12)8-14(16)11-4-2-1-3-5-11/h1-7,9,14,17H,8,16H2. The molecule has 17 heavy (non-hydrogen) atoms. The molecular weight excluding hydrogens is 217 g/mol. The molecule has 88 valence electrons. The van der Waals surface area contributed by atoms with Crippen LogP contribution in [0.25, 0.3) is 0 Å². The Kier molecular flexibility index (Phi) is 3.40. The SMILES string of the molecule is NC(Cc1cc(O)cc(F)c1)c1ccccc1. The van der Waals surface area contributed by atoms with Crippen molar-refractivity contribution < 1.29 is 9.50 Å². The summed E-state index contributed by atoms with van der Waals surface area (Å²) in [6, 6.07) is 13.4. The molecular formula is C14H14FNO. The Morgan fingerprint density at radius 2 is 1.82 bits per heavy atom. The quantitative estimate of drug-likeness (QED) is 0.853. The lowest BCUT2D eigenvalue weighted by atomic mass is 9.99. The van der Waals surface area contributed by atoms with E-state index in [0.29, 0.717) is 12.0 Å². The largest absolute Gasteiger partial charge is 0.508 e. The summed E-state index contributed by atoms with van der Waals surface area (Å²) in [5.74, 6) is -0.513. The minimum Gasteiger partial charge on any atom is -0.508 e. The smallest absolute Gasteiger partial charge is 0.127 e. The zero-order valence-electron chi connectivity index (χ0n) is 9.31. The molecule has 0 radical (unpaired) electrons. The van der Waals surface area contributed by atoms with Gasteiger partial charge in [0.1, 0.15) is 11.6 Å². The molecule has 0 bridgehead atoms. The van der Waals surface area contributed by atoms with Crippen LogP contribution in [0.2, 0.25) is 0 Å². The fourth-order valence-corrected chi connectivity index (χ4v) is 1.82. The predicted molar refractivity (Wildman–Crippen MR) is 65.1 cm³/mol. The van der Waals surface area contributed by atoms with Gasteiger partial charge in [0, 0.05) is 12.1 Å². The average molecular weight is 231 g/mol. The van der Waals surface area contributed by atoms with Crippen molar-refractivity contribution in [1.29, 1.82) is 0 Å². The normalized spacial score (nSPS) is 12.4. The van der Waals surface area contributed by atoms with Crippen LogP contribution >= 0.6 is 0 Å². The molecule has 1 unspecified atom stereocenters. The highest BCUT2D eigenvalue weighted by Gasteiger charge is 2.08. The topological polar surface area (TPSA) is 46.2 Å². The van der Waals surface area contributed by atoms with Crippen LogP contribution in [0.1, 0.15) is 17.2 Å². The Bertz CT molecular complexity index is 479. The van der Waals surface area contributed by atoms with Crippen LogP contribution in [0.5, 0.6) is 5.75 Å². The molecule has 0 heterocycles. The van der Waals surface area contributed by atoms with Crippen molar-refractivity contribution >= 4 is 0 Å². The van der Waals surface area contributed by atoms with E-state index in [2.05, 4.69) is 0 Å². The number of aromatic hydroxyl groups is 1. The third-order valence-corrected chi connectivity index (χ3v) is 2.63. The molecule has 2 rings (SSSR count). The van der Waals surface area contributed by atoms with Crippen LogP contribution in [0, 0.1) is 5.82 Å². The number of nitrogens with two attached hydrogens (primary N) is 1. The van der Waals surface area contributed by atoms with Crippen molar-refractivity contribution in [2.45, 2.75) is 12.5 Å². The molecule has 0 spiro atoms. The molecule has 2 aromatic carbocycles. The van der Waals surface area contributed by atoms with Gasteiger partial charge in [-0.25, -0.2) is 4.39 Å². The van der Waals surface area contributed by atoms with Gasteiger partial charge in [-0.2, -0.15) is 0 Å². The van der Waals surface area contributed by atoms with Crippen LogP contribution in [0.3, 0.4) is 0 Å². The van der Waals surface area contributed by atoms with Crippen molar-refractivity contribution in [3.8, 4) is 5.75 Å². The van der Waals surface area contributed by atoms with E-state index in [4.69, 9.17) is 5.73 Å². The van der Waals surface area contributed by atoms with Gasteiger partial charge in [-0.05, 0) is 29.7 Å². The van der Waals surface area contributed by atoms with Gasteiger partial charge >= 0.3 is 0 Å². The third-order valence-electron chi connectivity index (χ3n) is 2.63. The second kappa shape index (κ2) is 4.97. The summed E-state index contributed by atoms with van der Waals surface area (Å²) in [6.45, 7) is 0. The summed E-state index contributed by atoms with van der Waals surface area (Å²) in [5, 5.41) is 9.30. The van der Waals surface area contributed by atoms with Crippen molar-refractivity contribution in [1.82, 2.24) is 0 Å².